The molecule has 4 aromatic carbocycles. The third-order valence-corrected chi connectivity index (χ3v) is 5.64. The van der Waals surface area contributed by atoms with Gasteiger partial charge in [0.15, 0.2) is 0 Å². The Balaban J connectivity index is 1.75. The molecule has 0 bridgehead atoms. The summed E-state index contributed by atoms with van der Waals surface area (Å²) in [4.78, 5) is 0. The van der Waals surface area contributed by atoms with E-state index < -0.39 is 0 Å². The Bertz CT molecular complexity index is 1280. The Morgan fingerprint density at radius 1 is 0.615 bits per heavy atom. The lowest BCUT2D eigenvalue weighted by Gasteiger charge is -2.24. The van der Waals surface area contributed by atoms with Crippen LogP contribution >= 0.6 is 0 Å². The third kappa shape index (κ3) is 1.75. The van der Waals surface area contributed by atoms with E-state index in [0.717, 1.165) is 0 Å². The molecule has 1 aliphatic rings. The highest BCUT2D eigenvalue weighted by atomic mass is 15.0. The maximum atomic E-state index is 2.49. The summed E-state index contributed by atoms with van der Waals surface area (Å²) in [6.07, 6.45) is 4.62. The average molecular weight is 331 g/mol. The summed E-state index contributed by atoms with van der Waals surface area (Å²) < 4.78 is 2.49. The lowest BCUT2D eigenvalue weighted by molar-refractivity contribution is 0.760. The lowest BCUT2D eigenvalue weighted by Crippen LogP contribution is -2.11. The number of fused-ring (bicyclic) bond motifs is 3. The van der Waals surface area contributed by atoms with Crippen molar-refractivity contribution < 1.29 is 0 Å². The second-order valence-electron chi connectivity index (χ2n) is 7.00. The molecule has 0 spiro atoms. The Kier molecular flexibility index (Phi) is 2.72. The van der Waals surface area contributed by atoms with Gasteiger partial charge in [-0.25, -0.2) is 0 Å². The monoisotopic (exact) mass is 331 g/mol. The minimum Gasteiger partial charge on any atom is -0.329 e. The molecule has 0 aliphatic heterocycles. The highest BCUT2D eigenvalue weighted by Gasteiger charge is 2.22. The maximum absolute atomic E-state index is 2.49. The number of allylic oxidation sites excluding steroid dienone is 1. The first-order valence-electron chi connectivity index (χ1n) is 9.09. The van der Waals surface area contributed by atoms with Gasteiger partial charge in [0.2, 0.25) is 0 Å². The van der Waals surface area contributed by atoms with E-state index in [1.807, 2.05) is 0 Å². The molecule has 1 unspecified atom stereocenters. The van der Waals surface area contributed by atoms with E-state index in [4.69, 9.17) is 0 Å². The van der Waals surface area contributed by atoms with Crippen LogP contribution in [0.2, 0.25) is 0 Å². The molecule has 0 N–H and O–H groups in total. The zero-order valence-corrected chi connectivity index (χ0v) is 14.3. The summed E-state index contributed by atoms with van der Waals surface area (Å²) in [5.74, 6) is 0. The molecule has 1 heterocycles. The van der Waals surface area contributed by atoms with Crippen LogP contribution in [0.3, 0.4) is 0 Å². The number of para-hydroxylation sites is 2. The van der Waals surface area contributed by atoms with Crippen molar-refractivity contribution >= 4 is 38.7 Å². The van der Waals surface area contributed by atoms with E-state index in [9.17, 15) is 0 Å². The molecule has 0 amide bonds. The molecule has 5 aromatic rings. The summed E-state index contributed by atoms with van der Waals surface area (Å²) in [5, 5.41) is 5.34. The van der Waals surface area contributed by atoms with Crippen LogP contribution in [0.4, 0.5) is 0 Å². The minimum atomic E-state index is 0.207. The number of hydrogen-bond donors (Lipinski definition) is 0. The van der Waals surface area contributed by atoms with Gasteiger partial charge in [-0.2, -0.15) is 0 Å². The van der Waals surface area contributed by atoms with Gasteiger partial charge in [0.1, 0.15) is 0 Å². The van der Waals surface area contributed by atoms with Gasteiger partial charge in [-0.3, -0.25) is 0 Å². The van der Waals surface area contributed by atoms with Crippen molar-refractivity contribution in [2.75, 3.05) is 0 Å². The van der Waals surface area contributed by atoms with E-state index in [1.165, 1.54) is 43.7 Å². The number of hydrogen-bond acceptors (Lipinski definition) is 0. The predicted molar refractivity (Wildman–Crippen MR) is 111 cm³/mol. The molecule has 6 rings (SSSR count). The van der Waals surface area contributed by atoms with Crippen molar-refractivity contribution in [3.8, 4) is 0 Å². The van der Waals surface area contributed by atoms with Crippen molar-refractivity contribution in [1.82, 2.24) is 4.57 Å². The van der Waals surface area contributed by atoms with E-state index >= 15 is 0 Å². The normalized spacial score (nSPS) is 15.9. The zero-order valence-electron chi connectivity index (χ0n) is 14.3. The molecule has 1 aromatic heterocycles. The average Bonchev–Trinajstić information content (AvgIpc) is 3.04. The number of rotatable bonds is 1. The van der Waals surface area contributed by atoms with Gasteiger partial charge in [0.05, 0.1) is 6.04 Å². The molecule has 1 aliphatic carbocycles. The lowest BCUT2D eigenvalue weighted by atomic mass is 9.90. The van der Waals surface area contributed by atoms with E-state index in [0.29, 0.717) is 0 Å². The molecule has 0 fully saturated rings. The number of benzene rings is 4. The second-order valence-corrected chi connectivity index (χ2v) is 7.00. The van der Waals surface area contributed by atoms with Crippen LogP contribution in [-0.4, -0.2) is 4.57 Å². The van der Waals surface area contributed by atoms with E-state index in [2.05, 4.69) is 102 Å². The van der Waals surface area contributed by atoms with Gasteiger partial charge in [0, 0.05) is 21.8 Å². The minimum absolute atomic E-state index is 0.207. The van der Waals surface area contributed by atoms with Crippen LogP contribution < -0.4 is 0 Å². The molecule has 1 nitrogen and oxygen atoms in total. The third-order valence-electron chi connectivity index (χ3n) is 5.64. The molecule has 0 radical (unpaired) electrons. The topological polar surface area (TPSA) is 4.93 Å². The summed E-state index contributed by atoms with van der Waals surface area (Å²) >= 11 is 0. The van der Waals surface area contributed by atoms with Gasteiger partial charge < -0.3 is 4.57 Å². The van der Waals surface area contributed by atoms with Crippen LogP contribution in [0.1, 0.15) is 17.2 Å². The molecule has 122 valence electrons. The first-order valence-corrected chi connectivity index (χ1v) is 9.09. The van der Waals surface area contributed by atoms with Gasteiger partial charge >= 0.3 is 0 Å². The van der Waals surface area contributed by atoms with Crippen molar-refractivity contribution in [3.63, 3.8) is 0 Å². The molecule has 26 heavy (non-hydrogen) atoms. The van der Waals surface area contributed by atoms with Crippen molar-refractivity contribution in [1.29, 1.82) is 0 Å². The van der Waals surface area contributed by atoms with Crippen molar-refractivity contribution in [3.05, 3.63) is 102 Å². The SMILES string of the molecule is C1=CC(n2c3ccccc3c3ccccc32)c2cccc3cccc1c23. The fourth-order valence-electron chi connectivity index (χ4n) is 4.56. The highest BCUT2D eigenvalue weighted by molar-refractivity contribution is 6.08. The standard InChI is InChI=1S/C25H17N/c1-3-13-22-19(10-1)20-11-2-4-14-23(20)26(22)24-16-15-18-8-5-7-17-9-6-12-21(24)25(17)18/h1-16,24H. The summed E-state index contributed by atoms with van der Waals surface area (Å²) in [6.45, 7) is 0. The number of nitrogens with zero attached hydrogens (tertiary/aromatic N) is 1. The van der Waals surface area contributed by atoms with Gasteiger partial charge in [-0.1, -0.05) is 84.9 Å². The smallest absolute Gasteiger partial charge is 0.0785 e. The largest absolute Gasteiger partial charge is 0.329 e. The molecular formula is C25H17N. The first kappa shape index (κ1) is 13.9. The quantitative estimate of drug-likeness (QED) is 0.327. The van der Waals surface area contributed by atoms with E-state index in [-0.39, 0.29) is 6.04 Å². The highest BCUT2D eigenvalue weighted by Crippen LogP contribution is 2.40. The summed E-state index contributed by atoms with van der Waals surface area (Å²) in [5.41, 5.74) is 5.28. The molecule has 1 heteroatoms. The maximum Gasteiger partial charge on any atom is 0.0785 e. The predicted octanol–water partition coefficient (Wildman–Crippen LogP) is 6.56. The fourth-order valence-corrected chi connectivity index (χ4v) is 4.56. The van der Waals surface area contributed by atoms with Crippen LogP contribution in [0, 0.1) is 0 Å². The van der Waals surface area contributed by atoms with Gasteiger partial charge in [-0.05, 0) is 34.0 Å². The van der Waals surface area contributed by atoms with Gasteiger partial charge in [-0.15, -0.1) is 0 Å². The Morgan fingerprint density at radius 2 is 1.27 bits per heavy atom. The van der Waals surface area contributed by atoms with Crippen molar-refractivity contribution in [2.45, 2.75) is 6.04 Å². The fraction of sp³-hybridized carbons (Fsp3) is 0.0400. The van der Waals surface area contributed by atoms with Gasteiger partial charge in [0.25, 0.3) is 0 Å². The van der Waals surface area contributed by atoms with Crippen molar-refractivity contribution in [2.24, 2.45) is 0 Å². The Morgan fingerprint density at radius 3 is 2.00 bits per heavy atom. The Hall–Kier alpha value is -3.32. The first-order chi connectivity index (χ1) is 12.9. The molecule has 0 saturated heterocycles. The second kappa shape index (κ2) is 5.09. The molecule has 0 saturated carbocycles. The molecular weight excluding hydrogens is 314 g/mol. The Labute approximate surface area is 151 Å². The van der Waals surface area contributed by atoms with Crippen LogP contribution in [0.5, 0.6) is 0 Å². The van der Waals surface area contributed by atoms with E-state index in [1.54, 1.807) is 0 Å². The van der Waals surface area contributed by atoms with Crippen LogP contribution in [0.25, 0.3) is 38.7 Å². The van der Waals surface area contributed by atoms with Crippen LogP contribution in [-0.2, 0) is 0 Å². The number of aromatic nitrogens is 1. The zero-order chi connectivity index (χ0) is 17.1. The van der Waals surface area contributed by atoms with Crippen LogP contribution in [0.15, 0.2) is 91.0 Å². The molecule has 1 atom stereocenters. The summed E-state index contributed by atoms with van der Waals surface area (Å²) in [7, 11) is 0. The summed E-state index contributed by atoms with van der Waals surface area (Å²) in [6, 6.07) is 30.9.